The molecule has 21 heavy (non-hydrogen) atoms. The summed E-state index contributed by atoms with van der Waals surface area (Å²) in [6.45, 7) is 10.5. The van der Waals surface area contributed by atoms with E-state index in [1.54, 1.807) is 0 Å². The van der Waals surface area contributed by atoms with Gasteiger partial charge in [-0.15, -0.1) is 0 Å². The lowest BCUT2D eigenvalue weighted by Crippen LogP contribution is -1.81. The van der Waals surface area contributed by atoms with Crippen molar-refractivity contribution in [2.24, 2.45) is 0 Å². The third-order valence-corrected chi connectivity index (χ3v) is 3.26. The third kappa shape index (κ3) is 5.59. The summed E-state index contributed by atoms with van der Waals surface area (Å²) in [5.74, 6) is 0. The highest BCUT2D eigenvalue weighted by Gasteiger charge is 1.97. The van der Waals surface area contributed by atoms with E-state index in [4.69, 9.17) is 0 Å². The van der Waals surface area contributed by atoms with E-state index < -0.39 is 0 Å². The fourth-order valence-corrected chi connectivity index (χ4v) is 2.05. The molecule has 0 bridgehead atoms. The lowest BCUT2D eigenvalue weighted by Gasteiger charge is -2.03. The van der Waals surface area contributed by atoms with Crippen LogP contribution in [0.1, 0.15) is 45.4 Å². The molecule has 0 aliphatic heterocycles. The molecule has 0 aliphatic carbocycles. The van der Waals surface area contributed by atoms with Crippen LogP contribution in [-0.4, -0.2) is 0 Å². The van der Waals surface area contributed by atoms with Gasteiger partial charge < -0.3 is 0 Å². The van der Waals surface area contributed by atoms with Crippen molar-refractivity contribution in [3.05, 3.63) is 71.3 Å². The van der Waals surface area contributed by atoms with Crippen LogP contribution in [0.15, 0.2) is 54.6 Å². The Hall–Kier alpha value is -1.82. The summed E-state index contributed by atoms with van der Waals surface area (Å²) < 4.78 is 0. The van der Waals surface area contributed by atoms with E-state index in [9.17, 15) is 0 Å². The maximum Gasteiger partial charge on any atom is -0.0149 e. The molecule has 0 fully saturated rings. The largest absolute Gasteiger partial charge is 0.0776 e. The van der Waals surface area contributed by atoms with Gasteiger partial charge in [-0.3, -0.25) is 0 Å². The van der Waals surface area contributed by atoms with Crippen LogP contribution in [0.5, 0.6) is 0 Å². The first kappa shape index (κ1) is 21.5. The fraction of sp³-hybridized carbons (Fsp3) is 0.333. The Kier molecular flexibility index (Phi) is 11.2. The summed E-state index contributed by atoms with van der Waals surface area (Å²) in [5, 5.41) is 2.66. The first-order valence-electron chi connectivity index (χ1n) is 6.99. The van der Waals surface area contributed by atoms with Gasteiger partial charge in [-0.05, 0) is 48.2 Å². The molecule has 2 aromatic carbocycles. The smallest absolute Gasteiger partial charge is 0.0149 e. The average molecular weight is 284 g/mol. The molecule has 0 saturated heterocycles. The van der Waals surface area contributed by atoms with Crippen LogP contribution in [0, 0.1) is 20.8 Å². The molecule has 0 unspecified atom stereocenters. The molecule has 2 rings (SSSR count). The predicted octanol–water partition coefficient (Wildman–Crippen LogP) is 7.19. The third-order valence-electron chi connectivity index (χ3n) is 3.26. The van der Waals surface area contributed by atoms with Crippen molar-refractivity contribution in [2.45, 2.75) is 49.5 Å². The zero-order valence-corrected chi connectivity index (χ0v) is 12.7. The topological polar surface area (TPSA) is 0 Å². The highest BCUT2D eigenvalue weighted by Crippen LogP contribution is 2.20. The SMILES string of the molecule is C.C.CC.Cc1cccccc(C)c2ccccc2c1C. The lowest BCUT2D eigenvalue weighted by molar-refractivity contribution is 1.38. The Morgan fingerprint density at radius 1 is 0.524 bits per heavy atom. The Balaban J connectivity index is 0. The Labute approximate surface area is 132 Å². The molecule has 0 atom stereocenters. The number of hydrogen-bond acceptors (Lipinski definition) is 0. The van der Waals surface area contributed by atoms with Gasteiger partial charge in [0.15, 0.2) is 0 Å². The normalized spacial score (nSPS) is 8.43. The standard InChI is InChI=1S/C17H18.C2H6.2CH4/c1-13-9-5-4-6-10-14(2)16-11-7-8-12-17(16)15(13)3;1-2;;/h4-12H,1-3H3;1-2H3;2*1H4. The van der Waals surface area contributed by atoms with Crippen molar-refractivity contribution in [1.82, 2.24) is 0 Å². The quantitative estimate of drug-likeness (QED) is 0.480. The summed E-state index contributed by atoms with van der Waals surface area (Å²) in [6, 6.07) is 19.2. The summed E-state index contributed by atoms with van der Waals surface area (Å²) in [5.41, 5.74) is 3.97. The van der Waals surface area contributed by atoms with E-state index in [1.807, 2.05) is 13.8 Å². The molecule has 0 amide bonds. The molecule has 0 nitrogen and oxygen atoms in total. The van der Waals surface area contributed by atoms with Crippen molar-refractivity contribution in [2.75, 3.05) is 0 Å². The molecular formula is C21H32. The van der Waals surface area contributed by atoms with Gasteiger partial charge in [0.25, 0.3) is 0 Å². The minimum atomic E-state index is 0. The van der Waals surface area contributed by atoms with Gasteiger partial charge in [-0.1, -0.05) is 83.3 Å². The second-order valence-corrected chi connectivity index (χ2v) is 4.45. The van der Waals surface area contributed by atoms with E-state index in [2.05, 4.69) is 75.4 Å². The van der Waals surface area contributed by atoms with Gasteiger partial charge in [-0.2, -0.15) is 0 Å². The predicted molar refractivity (Wildman–Crippen MR) is 101 cm³/mol. The highest BCUT2D eigenvalue weighted by molar-refractivity contribution is 5.87. The number of fused-ring (bicyclic) bond motifs is 1. The number of rotatable bonds is 0. The fourth-order valence-electron chi connectivity index (χ4n) is 2.05. The van der Waals surface area contributed by atoms with Crippen LogP contribution in [0.3, 0.4) is 0 Å². The zero-order valence-electron chi connectivity index (χ0n) is 12.7. The average Bonchev–Trinajstić information content (AvgIpc) is 2.47. The van der Waals surface area contributed by atoms with Crippen LogP contribution in [-0.2, 0) is 0 Å². The van der Waals surface area contributed by atoms with Crippen LogP contribution in [0.2, 0.25) is 0 Å². The van der Waals surface area contributed by atoms with Gasteiger partial charge >= 0.3 is 0 Å². The van der Waals surface area contributed by atoms with Crippen LogP contribution in [0.4, 0.5) is 0 Å². The molecule has 0 spiro atoms. The van der Waals surface area contributed by atoms with Gasteiger partial charge in [0.1, 0.15) is 0 Å². The van der Waals surface area contributed by atoms with Crippen LogP contribution in [0.25, 0.3) is 10.8 Å². The maximum atomic E-state index is 2.20. The van der Waals surface area contributed by atoms with Gasteiger partial charge in [0.2, 0.25) is 0 Å². The van der Waals surface area contributed by atoms with E-state index in [0.717, 1.165) is 0 Å². The van der Waals surface area contributed by atoms with Crippen LogP contribution < -0.4 is 0 Å². The molecule has 0 aromatic heterocycles. The second-order valence-electron chi connectivity index (χ2n) is 4.45. The Bertz CT molecular complexity index is 593. The lowest BCUT2D eigenvalue weighted by atomic mass is 10.0. The minimum absolute atomic E-state index is 0. The second kappa shape index (κ2) is 10.9. The van der Waals surface area contributed by atoms with E-state index >= 15 is 0 Å². The summed E-state index contributed by atoms with van der Waals surface area (Å²) in [7, 11) is 0. The first-order valence-corrected chi connectivity index (χ1v) is 6.99. The monoisotopic (exact) mass is 284 g/mol. The highest BCUT2D eigenvalue weighted by atomic mass is 14.0. The van der Waals surface area contributed by atoms with Gasteiger partial charge in [0, 0.05) is 0 Å². The molecule has 0 radical (unpaired) electrons. The molecule has 0 heteroatoms. The molecular weight excluding hydrogens is 252 g/mol. The Morgan fingerprint density at radius 3 is 1.52 bits per heavy atom. The van der Waals surface area contributed by atoms with Crippen LogP contribution >= 0.6 is 0 Å². The van der Waals surface area contributed by atoms with Crippen molar-refractivity contribution in [3.8, 4) is 0 Å². The number of benzene rings is 1. The minimum Gasteiger partial charge on any atom is -0.0776 e. The zero-order chi connectivity index (χ0) is 14.3. The maximum absolute atomic E-state index is 2.20. The van der Waals surface area contributed by atoms with Crippen molar-refractivity contribution in [1.29, 1.82) is 0 Å². The molecule has 0 N–H and O–H groups in total. The first-order chi connectivity index (χ1) is 9.20. The van der Waals surface area contributed by atoms with E-state index in [-0.39, 0.29) is 14.9 Å². The Morgan fingerprint density at radius 2 is 0.952 bits per heavy atom. The number of aryl methyl sites for hydroxylation is 3. The van der Waals surface area contributed by atoms with Crippen molar-refractivity contribution >= 4 is 10.8 Å². The molecule has 116 valence electrons. The van der Waals surface area contributed by atoms with Gasteiger partial charge in [0.05, 0.1) is 0 Å². The summed E-state index contributed by atoms with van der Waals surface area (Å²) in [4.78, 5) is 0. The molecule has 0 saturated carbocycles. The summed E-state index contributed by atoms with van der Waals surface area (Å²) in [6.07, 6.45) is 0. The molecule has 2 aromatic rings. The van der Waals surface area contributed by atoms with E-state index in [0.29, 0.717) is 0 Å². The van der Waals surface area contributed by atoms with E-state index in [1.165, 1.54) is 27.5 Å². The van der Waals surface area contributed by atoms with Gasteiger partial charge in [-0.25, -0.2) is 0 Å². The van der Waals surface area contributed by atoms with Crippen molar-refractivity contribution in [3.63, 3.8) is 0 Å². The summed E-state index contributed by atoms with van der Waals surface area (Å²) >= 11 is 0. The molecule has 0 aliphatic rings. The van der Waals surface area contributed by atoms with Crippen molar-refractivity contribution < 1.29 is 0 Å². The number of hydrogen-bond donors (Lipinski definition) is 0. The molecule has 0 heterocycles.